The van der Waals surface area contributed by atoms with E-state index in [9.17, 15) is 5.11 Å². The summed E-state index contributed by atoms with van der Waals surface area (Å²) in [6, 6.07) is 0.524. The fraction of sp³-hybridized carbons (Fsp3) is 1.00. The summed E-state index contributed by atoms with van der Waals surface area (Å²) in [6.07, 6.45) is 3.52. The number of nitrogens with one attached hydrogen (secondary N) is 1. The summed E-state index contributed by atoms with van der Waals surface area (Å²) < 4.78 is 0. The van der Waals surface area contributed by atoms with E-state index in [4.69, 9.17) is 0 Å². The summed E-state index contributed by atoms with van der Waals surface area (Å²) in [7, 11) is 0. The fourth-order valence-electron chi connectivity index (χ4n) is 2.20. The summed E-state index contributed by atoms with van der Waals surface area (Å²) >= 11 is 0. The van der Waals surface area contributed by atoms with Crippen LogP contribution in [0, 0.1) is 11.3 Å². The minimum Gasteiger partial charge on any atom is -0.389 e. The minimum atomic E-state index is -0.562. The molecule has 1 fully saturated rings. The van der Waals surface area contributed by atoms with Crippen molar-refractivity contribution in [2.24, 2.45) is 11.3 Å². The van der Waals surface area contributed by atoms with Crippen molar-refractivity contribution in [3.63, 3.8) is 0 Å². The molecule has 1 aliphatic carbocycles. The van der Waals surface area contributed by atoms with Gasteiger partial charge in [0.25, 0.3) is 0 Å². The summed E-state index contributed by atoms with van der Waals surface area (Å²) in [5, 5.41) is 13.6. The molecule has 0 aliphatic heterocycles. The molecule has 2 atom stereocenters. The molecule has 0 aromatic heterocycles. The second-order valence-electron chi connectivity index (χ2n) is 6.35. The Kier molecular flexibility index (Phi) is 3.83. The Morgan fingerprint density at radius 3 is 2.27 bits per heavy atom. The first-order valence-corrected chi connectivity index (χ1v) is 6.21. The Morgan fingerprint density at radius 2 is 1.87 bits per heavy atom. The molecule has 90 valence electrons. The highest BCUT2D eigenvalue weighted by atomic mass is 16.3. The Morgan fingerprint density at radius 1 is 1.33 bits per heavy atom. The van der Waals surface area contributed by atoms with Crippen molar-refractivity contribution in [1.29, 1.82) is 0 Å². The van der Waals surface area contributed by atoms with Gasteiger partial charge in [-0.25, -0.2) is 0 Å². The largest absolute Gasteiger partial charge is 0.389 e. The van der Waals surface area contributed by atoms with Gasteiger partial charge in [-0.05, 0) is 44.4 Å². The molecule has 2 nitrogen and oxygen atoms in total. The molecule has 1 saturated carbocycles. The fourth-order valence-corrected chi connectivity index (χ4v) is 2.20. The van der Waals surface area contributed by atoms with Crippen LogP contribution in [0.25, 0.3) is 0 Å². The first-order chi connectivity index (χ1) is 6.75. The van der Waals surface area contributed by atoms with Crippen LogP contribution >= 0.6 is 0 Å². The number of hydrogen-bond donors (Lipinski definition) is 2. The van der Waals surface area contributed by atoms with Crippen molar-refractivity contribution >= 4 is 0 Å². The van der Waals surface area contributed by atoms with E-state index in [0.29, 0.717) is 23.9 Å². The van der Waals surface area contributed by atoms with E-state index < -0.39 is 5.60 Å². The van der Waals surface area contributed by atoms with Crippen LogP contribution in [0.5, 0.6) is 0 Å². The predicted octanol–water partition coefficient (Wildman–Crippen LogP) is 2.56. The minimum absolute atomic E-state index is 0.494. The number of hydrogen-bond acceptors (Lipinski definition) is 2. The molecule has 2 unspecified atom stereocenters. The Labute approximate surface area is 94.5 Å². The third-order valence-corrected chi connectivity index (χ3v) is 3.72. The first-order valence-electron chi connectivity index (χ1n) is 6.21. The van der Waals surface area contributed by atoms with Gasteiger partial charge in [-0.1, -0.05) is 20.8 Å². The molecular formula is C13H27NO. The molecule has 2 heteroatoms. The molecule has 0 saturated heterocycles. The molecule has 15 heavy (non-hydrogen) atoms. The van der Waals surface area contributed by atoms with Crippen LogP contribution in [0.3, 0.4) is 0 Å². The average Bonchev–Trinajstić information content (AvgIpc) is 2.78. The van der Waals surface area contributed by atoms with Crippen LogP contribution < -0.4 is 5.32 Å². The van der Waals surface area contributed by atoms with Crippen LogP contribution in [-0.4, -0.2) is 23.3 Å². The molecule has 0 bridgehead atoms. The normalized spacial score (nSPS) is 25.0. The monoisotopic (exact) mass is 213 g/mol. The molecule has 0 aromatic carbocycles. The average molecular weight is 213 g/mol. The first kappa shape index (κ1) is 13.0. The third-order valence-electron chi connectivity index (χ3n) is 3.72. The van der Waals surface area contributed by atoms with Gasteiger partial charge in [0.15, 0.2) is 0 Å². The summed E-state index contributed by atoms with van der Waals surface area (Å²) in [4.78, 5) is 0. The van der Waals surface area contributed by atoms with E-state index in [1.54, 1.807) is 0 Å². The van der Waals surface area contributed by atoms with Crippen molar-refractivity contribution in [3.8, 4) is 0 Å². The number of rotatable bonds is 6. The van der Waals surface area contributed by atoms with Gasteiger partial charge in [0, 0.05) is 12.6 Å². The van der Waals surface area contributed by atoms with Gasteiger partial charge >= 0.3 is 0 Å². The molecule has 0 heterocycles. The van der Waals surface area contributed by atoms with Crippen LogP contribution in [-0.2, 0) is 0 Å². The zero-order chi connectivity index (χ0) is 11.7. The topological polar surface area (TPSA) is 32.3 Å². The van der Waals surface area contributed by atoms with E-state index in [1.807, 2.05) is 6.92 Å². The highest BCUT2D eigenvalue weighted by molar-refractivity contribution is 4.97. The second-order valence-corrected chi connectivity index (χ2v) is 6.35. The van der Waals surface area contributed by atoms with Gasteiger partial charge in [0.05, 0.1) is 5.60 Å². The predicted molar refractivity (Wildman–Crippen MR) is 64.9 cm³/mol. The lowest BCUT2D eigenvalue weighted by molar-refractivity contribution is 0.0342. The van der Waals surface area contributed by atoms with Crippen molar-refractivity contribution in [2.75, 3.05) is 6.54 Å². The van der Waals surface area contributed by atoms with Crippen LogP contribution in [0.1, 0.15) is 53.9 Å². The Hall–Kier alpha value is -0.0800. The van der Waals surface area contributed by atoms with Crippen LogP contribution in [0.15, 0.2) is 0 Å². The molecular weight excluding hydrogens is 186 g/mol. The van der Waals surface area contributed by atoms with Crippen molar-refractivity contribution in [2.45, 2.75) is 65.5 Å². The number of aliphatic hydroxyl groups is 1. The molecule has 0 amide bonds. The van der Waals surface area contributed by atoms with Crippen LogP contribution in [0.2, 0.25) is 0 Å². The Bertz CT molecular complexity index is 207. The van der Waals surface area contributed by atoms with E-state index in [1.165, 1.54) is 12.8 Å². The molecule has 2 N–H and O–H groups in total. The summed E-state index contributed by atoms with van der Waals surface area (Å²) in [5.74, 6) is 0.550. The lowest BCUT2D eigenvalue weighted by atomic mass is 9.93. The van der Waals surface area contributed by atoms with Gasteiger partial charge in [-0.3, -0.25) is 0 Å². The van der Waals surface area contributed by atoms with E-state index in [2.05, 4.69) is 33.0 Å². The maximum Gasteiger partial charge on any atom is 0.0746 e. The molecule has 0 radical (unpaired) electrons. The van der Waals surface area contributed by atoms with E-state index >= 15 is 0 Å². The van der Waals surface area contributed by atoms with Gasteiger partial charge in [0.2, 0.25) is 0 Å². The zero-order valence-corrected chi connectivity index (χ0v) is 10.9. The third kappa shape index (κ3) is 4.12. The summed E-state index contributed by atoms with van der Waals surface area (Å²) in [6.45, 7) is 11.5. The zero-order valence-electron chi connectivity index (χ0n) is 10.9. The van der Waals surface area contributed by atoms with Gasteiger partial charge in [-0.2, -0.15) is 0 Å². The van der Waals surface area contributed by atoms with Gasteiger partial charge in [0.1, 0.15) is 0 Å². The van der Waals surface area contributed by atoms with Gasteiger partial charge < -0.3 is 10.4 Å². The molecule has 0 aromatic rings. The quantitative estimate of drug-likeness (QED) is 0.711. The molecule has 1 aliphatic rings. The highest BCUT2D eigenvalue weighted by Crippen LogP contribution is 2.47. The van der Waals surface area contributed by atoms with E-state index in [0.717, 1.165) is 6.42 Å². The standard InChI is InChI=1S/C13H27NO/c1-10(2)8-13(5,15)9-14-11(3)12(4)6-7-12/h10-11,14-15H,6-9H2,1-5H3. The van der Waals surface area contributed by atoms with Crippen LogP contribution in [0.4, 0.5) is 0 Å². The highest BCUT2D eigenvalue weighted by Gasteiger charge is 2.42. The second kappa shape index (κ2) is 4.42. The maximum absolute atomic E-state index is 10.2. The van der Waals surface area contributed by atoms with E-state index in [-0.39, 0.29) is 0 Å². The molecule has 0 spiro atoms. The summed E-state index contributed by atoms with van der Waals surface area (Å²) in [5.41, 5.74) is -0.0679. The lowest BCUT2D eigenvalue weighted by Crippen LogP contribution is -2.44. The maximum atomic E-state index is 10.2. The Balaban J connectivity index is 2.29. The van der Waals surface area contributed by atoms with Crippen molar-refractivity contribution in [3.05, 3.63) is 0 Å². The van der Waals surface area contributed by atoms with Gasteiger partial charge in [-0.15, -0.1) is 0 Å². The lowest BCUT2D eigenvalue weighted by Gasteiger charge is -2.29. The van der Waals surface area contributed by atoms with Crippen molar-refractivity contribution < 1.29 is 5.11 Å². The SMILES string of the molecule is CC(C)CC(C)(O)CNC(C)C1(C)CC1. The smallest absolute Gasteiger partial charge is 0.0746 e. The molecule has 1 rings (SSSR count). The van der Waals surface area contributed by atoms with Crippen molar-refractivity contribution in [1.82, 2.24) is 5.32 Å².